The molecule has 0 unspecified atom stereocenters. The summed E-state index contributed by atoms with van der Waals surface area (Å²) in [6.07, 6.45) is -1.89. The van der Waals surface area contributed by atoms with Crippen LogP contribution in [0.25, 0.3) is 0 Å². The largest absolute Gasteiger partial charge is 0.444 e. The molecule has 1 saturated heterocycles. The van der Waals surface area contributed by atoms with Crippen LogP contribution in [0.1, 0.15) is 60.7 Å². The molecule has 0 radical (unpaired) electrons. The van der Waals surface area contributed by atoms with E-state index in [2.05, 4.69) is 20.6 Å². The maximum Gasteiger partial charge on any atom is 0.416 e. The second-order valence-electron chi connectivity index (χ2n) is 12.4. The van der Waals surface area contributed by atoms with Gasteiger partial charge in [-0.05, 0) is 76.4 Å². The Hall–Kier alpha value is -4.88. The van der Waals surface area contributed by atoms with Gasteiger partial charge in [-0.25, -0.2) is 14.6 Å². The van der Waals surface area contributed by atoms with Gasteiger partial charge in [0.2, 0.25) is 5.95 Å². The number of carbonyl (C=O) groups excluding carboxylic acids is 3. The van der Waals surface area contributed by atoms with Crippen molar-refractivity contribution in [2.24, 2.45) is 0 Å². The number of aromatic nitrogens is 2. The molecule has 0 atom stereocenters. The van der Waals surface area contributed by atoms with Crippen LogP contribution in [0.3, 0.4) is 0 Å². The van der Waals surface area contributed by atoms with Crippen LogP contribution < -0.4 is 20.4 Å². The molecule has 0 saturated carbocycles. The minimum absolute atomic E-state index is 0.0365. The monoisotopic (exact) mass is 639 g/mol. The van der Waals surface area contributed by atoms with Crippen LogP contribution in [-0.4, -0.2) is 64.7 Å². The number of amides is 4. The van der Waals surface area contributed by atoms with Crippen LogP contribution in [-0.2, 0) is 17.5 Å². The van der Waals surface area contributed by atoms with E-state index in [1.807, 2.05) is 27.7 Å². The highest BCUT2D eigenvalue weighted by molar-refractivity contribution is 6.07. The van der Waals surface area contributed by atoms with Crippen LogP contribution in [0, 0.1) is 6.92 Å². The summed E-state index contributed by atoms with van der Waals surface area (Å²) >= 11 is 0. The summed E-state index contributed by atoms with van der Waals surface area (Å²) in [5.41, 5.74) is 0.657. The van der Waals surface area contributed by atoms with E-state index in [0.29, 0.717) is 54.6 Å². The molecule has 46 heavy (non-hydrogen) atoms. The summed E-state index contributed by atoms with van der Waals surface area (Å²) in [6.45, 7) is 8.54. The average molecular weight is 640 g/mol. The van der Waals surface area contributed by atoms with Crippen molar-refractivity contribution in [1.82, 2.24) is 14.9 Å². The van der Waals surface area contributed by atoms with Crippen LogP contribution in [0.5, 0.6) is 0 Å². The van der Waals surface area contributed by atoms with Gasteiger partial charge in [0.05, 0.1) is 17.8 Å². The van der Waals surface area contributed by atoms with Crippen LogP contribution >= 0.6 is 0 Å². The second kappa shape index (κ2) is 12.5. The molecule has 2 aromatic carbocycles. The van der Waals surface area contributed by atoms with Crippen molar-refractivity contribution in [3.05, 3.63) is 70.9 Å². The fraction of sp³-hybridized carbons (Fsp3) is 0.406. The molecule has 3 heterocycles. The van der Waals surface area contributed by atoms with Crippen LogP contribution in [0.15, 0.2) is 48.7 Å². The molecule has 244 valence electrons. The smallest absolute Gasteiger partial charge is 0.416 e. The summed E-state index contributed by atoms with van der Waals surface area (Å²) in [6, 6.07) is 8.80. The third kappa shape index (κ3) is 7.32. The van der Waals surface area contributed by atoms with Gasteiger partial charge in [0.15, 0.2) is 0 Å². The highest BCUT2D eigenvalue weighted by atomic mass is 19.4. The molecule has 0 aliphatic carbocycles. The average Bonchev–Trinajstić information content (AvgIpc) is 2.99. The lowest BCUT2D eigenvalue weighted by atomic mass is 10.1. The molecule has 0 spiro atoms. The topological polar surface area (TPSA) is 120 Å². The first-order valence-corrected chi connectivity index (χ1v) is 14.8. The SMILES string of the molecule is Cc1ccc(NC(=O)c2cccc(C(F)(F)F)c2)cc1N1Cc2cnc(NC3CCN(C(=O)OC(C)(C)C)CC3)nc2N(C)C1=O. The number of anilines is 4. The maximum atomic E-state index is 13.6. The predicted octanol–water partition coefficient (Wildman–Crippen LogP) is 6.44. The number of hydrogen-bond donors (Lipinski definition) is 2. The summed E-state index contributed by atoms with van der Waals surface area (Å²) < 4.78 is 44.9. The number of hydrogen-bond acceptors (Lipinski definition) is 7. The van der Waals surface area contributed by atoms with Crippen molar-refractivity contribution >= 4 is 41.2 Å². The van der Waals surface area contributed by atoms with Gasteiger partial charge in [-0.1, -0.05) is 12.1 Å². The van der Waals surface area contributed by atoms with Gasteiger partial charge < -0.3 is 20.3 Å². The zero-order chi connectivity index (χ0) is 33.4. The van der Waals surface area contributed by atoms with E-state index in [4.69, 9.17) is 4.74 Å². The predicted molar refractivity (Wildman–Crippen MR) is 167 cm³/mol. The zero-order valence-corrected chi connectivity index (χ0v) is 26.2. The maximum absolute atomic E-state index is 13.6. The van der Waals surface area contributed by atoms with Crippen molar-refractivity contribution in [2.45, 2.75) is 64.9 Å². The summed E-state index contributed by atoms with van der Waals surface area (Å²) in [7, 11) is 1.61. The summed E-state index contributed by atoms with van der Waals surface area (Å²) in [5, 5.41) is 5.96. The third-order valence-corrected chi connectivity index (χ3v) is 7.70. The van der Waals surface area contributed by atoms with E-state index in [-0.39, 0.29) is 30.3 Å². The number of halogens is 3. The first-order valence-electron chi connectivity index (χ1n) is 14.8. The number of alkyl halides is 3. The lowest BCUT2D eigenvalue weighted by Gasteiger charge is -2.35. The third-order valence-electron chi connectivity index (χ3n) is 7.70. The molecule has 0 bridgehead atoms. The van der Waals surface area contributed by atoms with E-state index < -0.39 is 23.2 Å². The van der Waals surface area contributed by atoms with Crippen molar-refractivity contribution in [3.8, 4) is 0 Å². The lowest BCUT2D eigenvalue weighted by molar-refractivity contribution is -0.137. The number of carbonyl (C=O) groups is 3. The van der Waals surface area contributed by atoms with Crippen LogP contribution in [0.2, 0.25) is 0 Å². The second-order valence-corrected chi connectivity index (χ2v) is 12.4. The Kier molecular flexibility index (Phi) is 8.83. The van der Waals surface area contributed by atoms with Gasteiger partial charge in [-0.15, -0.1) is 0 Å². The quantitative estimate of drug-likeness (QED) is 0.330. The van der Waals surface area contributed by atoms with Gasteiger partial charge in [0.25, 0.3) is 5.91 Å². The van der Waals surface area contributed by atoms with Gasteiger partial charge >= 0.3 is 18.3 Å². The van der Waals surface area contributed by atoms with E-state index in [9.17, 15) is 27.6 Å². The van der Waals surface area contributed by atoms with E-state index in [0.717, 1.165) is 17.7 Å². The summed E-state index contributed by atoms with van der Waals surface area (Å²) in [5.74, 6) is 0.118. The van der Waals surface area contributed by atoms with E-state index >= 15 is 0 Å². The number of urea groups is 1. The molecule has 14 heteroatoms. The van der Waals surface area contributed by atoms with Crippen molar-refractivity contribution in [2.75, 3.05) is 40.6 Å². The first-order chi connectivity index (χ1) is 21.6. The Morgan fingerprint density at radius 3 is 2.43 bits per heavy atom. The van der Waals surface area contributed by atoms with Crippen molar-refractivity contribution in [1.29, 1.82) is 0 Å². The molecule has 2 N–H and O–H groups in total. The Labute approximate surface area is 264 Å². The number of nitrogens with zero attached hydrogens (tertiary/aromatic N) is 5. The molecular formula is C32H36F3N7O4. The van der Waals surface area contributed by atoms with E-state index in [1.54, 1.807) is 36.3 Å². The molecule has 4 amide bonds. The number of benzene rings is 2. The van der Waals surface area contributed by atoms with Gasteiger partial charge in [-0.3, -0.25) is 14.6 Å². The number of piperidine rings is 1. The Bertz CT molecular complexity index is 1650. The molecule has 11 nitrogen and oxygen atoms in total. The molecule has 1 aromatic heterocycles. The number of rotatable bonds is 5. The van der Waals surface area contributed by atoms with Gasteiger partial charge in [0, 0.05) is 49.2 Å². The minimum Gasteiger partial charge on any atom is -0.444 e. The molecule has 2 aliphatic heterocycles. The van der Waals surface area contributed by atoms with Gasteiger partial charge in [-0.2, -0.15) is 18.2 Å². The molecular weight excluding hydrogens is 603 g/mol. The van der Waals surface area contributed by atoms with Gasteiger partial charge in [0.1, 0.15) is 11.4 Å². The Morgan fingerprint density at radius 1 is 1.04 bits per heavy atom. The van der Waals surface area contributed by atoms with Crippen molar-refractivity contribution in [3.63, 3.8) is 0 Å². The summed E-state index contributed by atoms with van der Waals surface area (Å²) in [4.78, 5) is 52.5. The minimum atomic E-state index is -4.58. The standard InChI is InChI=1S/C32H36F3N7O4/c1-19-9-10-24(37-27(43)20-7-6-8-22(15-20)32(33,34)35)16-25(19)42-18-21-17-36-28(39-26(21)40(5)29(42)44)38-23-11-13-41(14-12-23)30(45)46-31(2,3)4/h6-10,15-17,23H,11-14,18H2,1-5H3,(H,37,43)(H,36,38,39). The Balaban J connectivity index is 1.26. The van der Waals surface area contributed by atoms with Crippen LogP contribution in [0.4, 0.5) is 45.9 Å². The highest BCUT2D eigenvalue weighted by Gasteiger charge is 2.33. The first kappa shape index (κ1) is 32.5. The molecule has 1 fully saturated rings. The zero-order valence-electron chi connectivity index (χ0n) is 26.2. The lowest BCUT2D eigenvalue weighted by Crippen LogP contribution is -2.46. The van der Waals surface area contributed by atoms with Crippen molar-refractivity contribution < 1.29 is 32.3 Å². The normalized spacial score (nSPS) is 15.8. The Morgan fingerprint density at radius 2 is 1.76 bits per heavy atom. The van der Waals surface area contributed by atoms with E-state index in [1.165, 1.54) is 21.9 Å². The fourth-order valence-corrected chi connectivity index (χ4v) is 5.30. The molecule has 2 aliphatic rings. The fourth-order valence-electron chi connectivity index (χ4n) is 5.30. The number of fused-ring (bicyclic) bond motifs is 1. The molecule has 5 rings (SSSR count). The number of likely N-dealkylation sites (tertiary alicyclic amines) is 1. The highest BCUT2D eigenvalue weighted by Crippen LogP contribution is 2.34. The molecule has 3 aromatic rings. The number of ether oxygens (including phenoxy) is 1. The number of aryl methyl sites for hydroxylation is 1. The number of nitrogens with one attached hydrogen (secondary N) is 2.